The van der Waals surface area contributed by atoms with E-state index in [1.54, 1.807) is 11.7 Å². The fourth-order valence-electron chi connectivity index (χ4n) is 4.86. The van der Waals surface area contributed by atoms with Crippen molar-refractivity contribution in [2.24, 2.45) is 11.8 Å². The Balaban J connectivity index is 1.41. The summed E-state index contributed by atoms with van der Waals surface area (Å²) in [6.07, 6.45) is 1.29. The first-order valence-electron chi connectivity index (χ1n) is 11.8. The molecule has 0 bridgehead atoms. The number of aromatic amines is 1. The molecule has 0 aliphatic carbocycles. The summed E-state index contributed by atoms with van der Waals surface area (Å²) in [5, 5.41) is 10.2. The zero-order valence-corrected chi connectivity index (χ0v) is 20.9. The topological polar surface area (TPSA) is 75.2 Å². The molecule has 1 aromatic heterocycles. The third kappa shape index (κ3) is 5.93. The van der Waals surface area contributed by atoms with Gasteiger partial charge in [0.25, 0.3) is 0 Å². The summed E-state index contributed by atoms with van der Waals surface area (Å²) < 4.78 is 7.35. The van der Waals surface area contributed by atoms with Gasteiger partial charge in [0.1, 0.15) is 12.3 Å². The largest absolute Gasteiger partial charge is 0.497 e. The Morgan fingerprint density at radius 2 is 1.79 bits per heavy atom. The normalized spacial score (nSPS) is 18.6. The standard InChI is InChI=1S/C26H33N5O2S/c1-18-12-19(2)15-30(14-18)16-22-7-5-4-6-21(22)13-27-24(32)17-31-25(28-29-26(31)34)20-8-10-23(33-3)11-9-20/h4-11,18-19H,12-17H2,1-3H3,(H,27,32)(H,29,34). The Bertz CT molecular complexity index is 1160. The molecule has 1 aliphatic heterocycles. The van der Waals surface area contributed by atoms with Crippen LogP contribution in [-0.4, -0.2) is 45.8 Å². The molecule has 0 spiro atoms. The molecule has 180 valence electrons. The van der Waals surface area contributed by atoms with Crippen molar-refractivity contribution in [3.8, 4) is 17.1 Å². The highest BCUT2D eigenvalue weighted by molar-refractivity contribution is 7.71. The number of hydrogen-bond acceptors (Lipinski definition) is 5. The molecule has 3 aromatic rings. The molecule has 34 heavy (non-hydrogen) atoms. The van der Waals surface area contributed by atoms with Gasteiger partial charge < -0.3 is 10.1 Å². The molecule has 4 rings (SSSR count). The van der Waals surface area contributed by atoms with E-state index in [9.17, 15) is 4.79 Å². The van der Waals surface area contributed by atoms with Crippen LogP contribution in [0.3, 0.4) is 0 Å². The molecule has 0 radical (unpaired) electrons. The number of H-pyrrole nitrogens is 1. The van der Waals surface area contributed by atoms with E-state index in [1.165, 1.54) is 12.0 Å². The summed E-state index contributed by atoms with van der Waals surface area (Å²) in [5.41, 5.74) is 3.27. The van der Waals surface area contributed by atoms with Crippen molar-refractivity contribution < 1.29 is 9.53 Å². The fourth-order valence-corrected chi connectivity index (χ4v) is 5.06. The van der Waals surface area contributed by atoms with Gasteiger partial charge in [-0.2, -0.15) is 5.10 Å². The third-order valence-electron chi connectivity index (χ3n) is 6.34. The number of ether oxygens (including phenoxy) is 1. The van der Waals surface area contributed by atoms with Gasteiger partial charge in [-0.25, -0.2) is 0 Å². The molecule has 1 fully saturated rings. The molecule has 1 saturated heterocycles. The predicted molar refractivity (Wildman–Crippen MR) is 136 cm³/mol. The highest BCUT2D eigenvalue weighted by atomic mass is 32.1. The molecular weight excluding hydrogens is 446 g/mol. The van der Waals surface area contributed by atoms with Crippen molar-refractivity contribution in [1.82, 2.24) is 25.0 Å². The number of methoxy groups -OCH3 is 1. The number of nitrogens with zero attached hydrogens (tertiary/aromatic N) is 3. The highest BCUT2D eigenvalue weighted by Crippen LogP contribution is 2.24. The second kappa shape index (κ2) is 11.0. The van der Waals surface area contributed by atoms with Crippen molar-refractivity contribution in [2.75, 3.05) is 20.2 Å². The Kier molecular flexibility index (Phi) is 7.80. The van der Waals surface area contributed by atoms with Crippen molar-refractivity contribution in [3.63, 3.8) is 0 Å². The monoisotopic (exact) mass is 479 g/mol. The zero-order chi connectivity index (χ0) is 24.1. The predicted octanol–water partition coefficient (Wildman–Crippen LogP) is 4.41. The lowest BCUT2D eigenvalue weighted by molar-refractivity contribution is -0.121. The third-order valence-corrected chi connectivity index (χ3v) is 6.65. The summed E-state index contributed by atoms with van der Waals surface area (Å²) >= 11 is 5.38. The molecule has 1 aliphatic rings. The fraction of sp³-hybridized carbons (Fsp3) is 0.423. The summed E-state index contributed by atoms with van der Waals surface area (Å²) in [6.45, 7) is 8.40. The first kappa shape index (κ1) is 24.2. The summed E-state index contributed by atoms with van der Waals surface area (Å²) in [4.78, 5) is 15.4. The van der Waals surface area contributed by atoms with Crippen LogP contribution < -0.4 is 10.1 Å². The minimum atomic E-state index is -0.109. The Hall–Kier alpha value is -2.97. The average molecular weight is 480 g/mol. The molecule has 7 nitrogen and oxygen atoms in total. The lowest BCUT2D eigenvalue weighted by atomic mass is 9.91. The van der Waals surface area contributed by atoms with Crippen LogP contribution >= 0.6 is 12.2 Å². The number of nitrogens with one attached hydrogen (secondary N) is 2. The Morgan fingerprint density at radius 1 is 1.12 bits per heavy atom. The Labute approximate surface area is 206 Å². The van der Waals surface area contributed by atoms with Gasteiger partial charge in [0, 0.05) is 31.7 Å². The number of amides is 1. The van der Waals surface area contributed by atoms with Crippen LogP contribution in [0.25, 0.3) is 11.4 Å². The first-order chi connectivity index (χ1) is 16.4. The summed E-state index contributed by atoms with van der Waals surface area (Å²) in [5.74, 6) is 2.71. The molecule has 2 N–H and O–H groups in total. The van der Waals surface area contributed by atoms with Crippen LogP contribution in [0.1, 0.15) is 31.4 Å². The number of benzene rings is 2. The second-order valence-electron chi connectivity index (χ2n) is 9.35. The Morgan fingerprint density at radius 3 is 2.47 bits per heavy atom. The van der Waals surface area contributed by atoms with Gasteiger partial charge in [-0.15, -0.1) is 0 Å². The van der Waals surface area contributed by atoms with Gasteiger partial charge in [-0.1, -0.05) is 38.1 Å². The quantitative estimate of drug-likeness (QED) is 0.468. The van der Waals surface area contributed by atoms with Gasteiger partial charge >= 0.3 is 0 Å². The van der Waals surface area contributed by atoms with Crippen LogP contribution in [0.5, 0.6) is 5.75 Å². The van der Waals surface area contributed by atoms with Gasteiger partial charge in [0.15, 0.2) is 10.6 Å². The number of hydrogen-bond donors (Lipinski definition) is 2. The number of piperidine rings is 1. The second-order valence-corrected chi connectivity index (χ2v) is 9.74. The smallest absolute Gasteiger partial charge is 0.240 e. The van der Waals surface area contributed by atoms with Crippen molar-refractivity contribution in [1.29, 1.82) is 0 Å². The van der Waals surface area contributed by atoms with E-state index < -0.39 is 0 Å². The molecule has 2 aromatic carbocycles. The minimum absolute atomic E-state index is 0.0972. The van der Waals surface area contributed by atoms with E-state index in [1.807, 2.05) is 30.3 Å². The minimum Gasteiger partial charge on any atom is -0.497 e. The van der Waals surface area contributed by atoms with Gasteiger partial charge in [-0.3, -0.25) is 19.4 Å². The maximum atomic E-state index is 12.9. The SMILES string of the molecule is COc1ccc(-c2n[nH]c(=S)n2CC(=O)NCc2ccccc2CN2CC(C)CC(C)C2)cc1. The first-order valence-corrected chi connectivity index (χ1v) is 12.2. The highest BCUT2D eigenvalue weighted by Gasteiger charge is 2.22. The van der Waals surface area contributed by atoms with Crippen LogP contribution in [0.15, 0.2) is 48.5 Å². The lowest BCUT2D eigenvalue weighted by Crippen LogP contribution is -2.38. The van der Waals surface area contributed by atoms with E-state index in [-0.39, 0.29) is 12.5 Å². The van der Waals surface area contributed by atoms with Crippen LogP contribution in [0, 0.1) is 16.6 Å². The number of aromatic nitrogens is 3. The maximum Gasteiger partial charge on any atom is 0.240 e. The molecule has 0 saturated carbocycles. The van der Waals surface area contributed by atoms with Crippen molar-refractivity contribution in [3.05, 3.63) is 64.4 Å². The van der Waals surface area contributed by atoms with E-state index in [4.69, 9.17) is 17.0 Å². The van der Waals surface area contributed by atoms with E-state index in [0.29, 0.717) is 17.1 Å². The number of likely N-dealkylation sites (tertiary alicyclic amines) is 1. The van der Waals surface area contributed by atoms with Crippen molar-refractivity contribution in [2.45, 2.75) is 39.9 Å². The molecule has 8 heteroatoms. The number of carbonyl (C=O) groups excluding carboxylic acids is 1. The maximum absolute atomic E-state index is 12.9. The number of rotatable bonds is 8. The van der Waals surface area contributed by atoms with E-state index in [0.717, 1.165) is 48.3 Å². The van der Waals surface area contributed by atoms with Crippen molar-refractivity contribution >= 4 is 18.1 Å². The van der Waals surface area contributed by atoms with Crippen LogP contribution in [-0.2, 0) is 24.4 Å². The molecule has 2 atom stereocenters. The number of carbonyl (C=O) groups is 1. The van der Waals surface area contributed by atoms with Crippen LogP contribution in [0.4, 0.5) is 0 Å². The molecule has 2 heterocycles. The van der Waals surface area contributed by atoms with Gasteiger partial charge in [-0.05, 0) is 65.9 Å². The summed E-state index contributed by atoms with van der Waals surface area (Å²) in [6, 6.07) is 15.9. The van der Waals surface area contributed by atoms with E-state index >= 15 is 0 Å². The van der Waals surface area contributed by atoms with Gasteiger partial charge in [0.2, 0.25) is 5.91 Å². The zero-order valence-electron chi connectivity index (χ0n) is 20.1. The molecule has 2 unspecified atom stereocenters. The molecular formula is C26H33N5O2S. The van der Waals surface area contributed by atoms with E-state index in [2.05, 4.69) is 52.5 Å². The van der Waals surface area contributed by atoms with Gasteiger partial charge in [0.05, 0.1) is 7.11 Å². The van der Waals surface area contributed by atoms with Crippen LogP contribution in [0.2, 0.25) is 0 Å². The average Bonchev–Trinajstić information content (AvgIpc) is 3.18. The lowest BCUT2D eigenvalue weighted by Gasteiger charge is -2.35. The molecule has 1 amide bonds. The summed E-state index contributed by atoms with van der Waals surface area (Å²) in [7, 11) is 1.63.